The standard InChI is InChI=1S/C34H28O10/c35-30(36)26-14-12-24(18-28(26)32(39)40)43-22-8-4-20(5-9-22)34(16-2-1-3-17-34)21-6-10-23(11-7-21)44-25-13-15-27(31(37)38)29(19-25)33(41)42/h4-15,18-19H,1-3,16-17H2,(H,35,36)(H,37,38)(H,39,40)(H,41,42). The van der Waals surface area contributed by atoms with Gasteiger partial charge >= 0.3 is 23.9 Å². The van der Waals surface area contributed by atoms with Crippen LogP contribution >= 0.6 is 0 Å². The summed E-state index contributed by atoms with van der Waals surface area (Å²) >= 11 is 0. The van der Waals surface area contributed by atoms with E-state index in [9.17, 15) is 39.6 Å². The first kappa shape index (κ1) is 29.8. The molecule has 10 nitrogen and oxygen atoms in total. The lowest BCUT2D eigenvalue weighted by Gasteiger charge is -2.38. The van der Waals surface area contributed by atoms with Crippen LogP contribution in [-0.4, -0.2) is 44.3 Å². The average molecular weight is 597 g/mol. The number of hydrogen-bond donors (Lipinski definition) is 4. The van der Waals surface area contributed by atoms with Gasteiger partial charge in [0.1, 0.15) is 23.0 Å². The summed E-state index contributed by atoms with van der Waals surface area (Å²) in [4.78, 5) is 45.8. The quantitative estimate of drug-likeness (QED) is 0.146. The topological polar surface area (TPSA) is 168 Å². The number of carbonyl (C=O) groups is 4. The van der Waals surface area contributed by atoms with Crippen LogP contribution in [0.2, 0.25) is 0 Å². The van der Waals surface area contributed by atoms with Gasteiger partial charge in [-0.15, -0.1) is 0 Å². The van der Waals surface area contributed by atoms with Crippen LogP contribution in [0.5, 0.6) is 23.0 Å². The van der Waals surface area contributed by atoms with Crippen molar-refractivity contribution < 1.29 is 49.1 Å². The second-order valence-corrected chi connectivity index (χ2v) is 10.5. The summed E-state index contributed by atoms with van der Waals surface area (Å²) in [7, 11) is 0. The molecule has 1 saturated carbocycles. The molecule has 10 heteroatoms. The van der Waals surface area contributed by atoms with Gasteiger partial charge in [-0.3, -0.25) is 0 Å². The van der Waals surface area contributed by atoms with E-state index in [0.29, 0.717) is 11.5 Å². The molecule has 0 amide bonds. The van der Waals surface area contributed by atoms with Gasteiger partial charge in [-0.2, -0.15) is 0 Å². The molecular formula is C34H28O10. The summed E-state index contributed by atoms with van der Waals surface area (Å²) < 4.78 is 11.7. The highest BCUT2D eigenvalue weighted by Crippen LogP contribution is 2.46. The molecule has 44 heavy (non-hydrogen) atoms. The molecule has 0 aliphatic heterocycles. The monoisotopic (exact) mass is 596 g/mol. The first-order chi connectivity index (χ1) is 21.1. The van der Waals surface area contributed by atoms with E-state index < -0.39 is 23.9 Å². The van der Waals surface area contributed by atoms with Crippen LogP contribution < -0.4 is 9.47 Å². The van der Waals surface area contributed by atoms with Crippen LogP contribution in [0, 0.1) is 0 Å². The van der Waals surface area contributed by atoms with E-state index in [1.165, 1.54) is 36.4 Å². The Balaban J connectivity index is 1.38. The number of benzene rings is 4. The zero-order valence-electron chi connectivity index (χ0n) is 23.4. The summed E-state index contributed by atoms with van der Waals surface area (Å²) in [5.74, 6) is -4.04. The van der Waals surface area contributed by atoms with Gasteiger partial charge in [0.05, 0.1) is 22.3 Å². The predicted molar refractivity (Wildman–Crippen MR) is 158 cm³/mol. The summed E-state index contributed by atoms with van der Waals surface area (Å²) in [6.07, 6.45) is 5.05. The molecule has 0 heterocycles. The number of rotatable bonds is 10. The maximum Gasteiger partial charge on any atom is 0.336 e. The molecule has 0 aromatic heterocycles. The molecule has 4 N–H and O–H groups in total. The Kier molecular flexibility index (Phi) is 8.34. The Hall–Kier alpha value is -5.64. The summed E-state index contributed by atoms with van der Waals surface area (Å²) in [6.45, 7) is 0. The number of aromatic carboxylic acids is 4. The van der Waals surface area contributed by atoms with Crippen molar-refractivity contribution in [2.45, 2.75) is 37.5 Å². The summed E-state index contributed by atoms with van der Waals surface area (Å²) in [5.41, 5.74) is 0.532. The first-order valence-electron chi connectivity index (χ1n) is 13.9. The van der Waals surface area contributed by atoms with Crippen LogP contribution in [0.25, 0.3) is 0 Å². The van der Waals surface area contributed by atoms with Gasteiger partial charge in [-0.25, -0.2) is 19.2 Å². The van der Waals surface area contributed by atoms with Gasteiger partial charge in [-0.05, 0) is 84.6 Å². The highest BCUT2D eigenvalue weighted by atomic mass is 16.5. The number of ether oxygens (including phenoxy) is 2. The second kappa shape index (κ2) is 12.3. The van der Waals surface area contributed by atoms with Gasteiger partial charge in [0.2, 0.25) is 0 Å². The van der Waals surface area contributed by atoms with Crippen LogP contribution in [0.15, 0.2) is 84.9 Å². The molecule has 4 aromatic carbocycles. The Labute approximate surface area is 251 Å². The average Bonchev–Trinajstić information content (AvgIpc) is 3.01. The van der Waals surface area contributed by atoms with Gasteiger partial charge < -0.3 is 29.9 Å². The largest absolute Gasteiger partial charge is 0.478 e. The molecule has 1 fully saturated rings. The fourth-order valence-electron chi connectivity index (χ4n) is 5.76. The number of carboxylic acids is 4. The van der Waals surface area contributed by atoms with Gasteiger partial charge in [0, 0.05) is 5.41 Å². The van der Waals surface area contributed by atoms with Gasteiger partial charge in [0.25, 0.3) is 0 Å². The molecule has 0 bridgehead atoms. The minimum Gasteiger partial charge on any atom is -0.478 e. The molecule has 1 aliphatic rings. The predicted octanol–water partition coefficient (Wildman–Crippen LogP) is 7.31. The van der Waals surface area contributed by atoms with Gasteiger partial charge in [0.15, 0.2) is 0 Å². The smallest absolute Gasteiger partial charge is 0.336 e. The Bertz CT molecular complexity index is 1610. The molecule has 0 atom stereocenters. The van der Waals surface area contributed by atoms with E-state index in [4.69, 9.17) is 9.47 Å². The Morgan fingerprint density at radius 2 is 0.795 bits per heavy atom. The van der Waals surface area contributed by atoms with Crippen molar-refractivity contribution in [3.8, 4) is 23.0 Å². The van der Waals surface area contributed by atoms with E-state index >= 15 is 0 Å². The third-order valence-electron chi connectivity index (χ3n) is 7.90. The minimum absolute atomic E-state index is 0.205. The zero-order valence-corrected chi connectivity index (χ0v) is 23.4. The van der Waals surface area contributed by atoms with Crippen LogP contribution in [0.1, 0.15) is 84.7 Å². The maximum absolute atomic E-state index is 11.5. The summed E-state index contributed by atoms with van der Waals surface area (Å²) in [5, 5.41) is 37.3. The number of hydrogen-bond acceptors (Lipinski definition) is 6. The third kappa shape index (κ3) is 6.10. The van der Waals surface area contributed by atoms with Crippen LogP contribution in [0.3, 0.4) is 0 Å². The minimum atomic E-state index is -1.36. The fraction of sp³-hybridized carbons (Fsp3) is 0.176. The highest BCUT2D eigenvalue weighted by molar-refractivity contribution is 6.02. The second-order valence-electron chi connectivity index (χ2n) is 10.5. The molecule has 0 radical (unpaired) electrons. The van der Waals surface area contributed by atoms with Crippen LogP contribution in [-0.2, 0) is 5.41 Å². The molecular weight excluding hydrogens is 568 g/mol. The zero-order chi connectivity index (χ0) is 31.4. The lowest BCUT2D eigenvalue weighted by atomic mass is 9.65. The van der Waals surface area contributed by atoms with Crippen LogP contribution in [0.4, 0.5) is 0 Å². The number of carboxylic acid groups (broad SMARTS) is 4. The lowest BCUT2D eigenvalue weighted by Crippen LogP contribution is -2.30. The molecule has 4 aromatic rings. The molecule has 0 saturated heterocycles. The molecule has 1 aliphatic carbocycles. The van der Waals surface area contributed by atoms with E-state index in [0.717, 1.165) is 43.2 Å². The van der Waals surface area contributed by atoms with Gasteiger partial charge in [-0.1, -0.05) is 43.5 Å². The molecule has 0 spiro atoms. The van der Waals surface area contributed by atoms with Crippen molar-refractivity contribution in [1.29, 1.82) is 0 Å². The summed E-state index contributed by atoms with van der Waals surface area (Å²) in [6, 6.07) is 22.7. The van der Waals surface area contributed by atoms with Crippen molar-refractivity contribution in [3.63, 3.8) is 0 Å². The maximum atomic E-state index is 11.5. The first-order valence-corrected chi connectivity index (χ1v) is 13.9. The SMILES string of the molecule is O=C(O)c1ccc(Oc2ccc(C3(c4ccc(Oc5ccc(C(=O)O)c(C(=O)O)c5)cc4)CCCCC3)cc2)cc1C(=O)O. The third-order valence-corrected chi connectivity index (χ3v) is 7.90. The highest BCUT2D eigenvalue weighted by Gasteiger charge is 2.35. The van der Waals surface area contributed by atoms with E-state index in [2.05, 4.69) is 0 Å². The van der Waals surface area contributed by atoms with Crippen molar-refractivity contribution in [2.24, 2.45) is 0 Å². The Morgan fingerprint density at radius 3 is 1.14 bits per heavy atom. The van der Waals surface area contributed by atoms with E-state index in [-0.39, 0.29) is 39.2 Å². The van der Waals surface area contributed by atoms with Crippen molar-refractivity contribution in [1.82, 2.24) is 0 Å². The van der Waals surface area contributed by atoms with Crippen molar-refractivity contribution in [2.75, 3.05) is 0 Å². The van der Waals surface area contributed by atoms with Crippen molar-refractivity contribution >= 4 is 23.9 Å². The van der Waals surface area contributed by atoms with E-state index in [1.807, 2.05) is 24.3 Å². The normalized spacial score (nSPS) is 13.9. The van der Waals surface area contributed by atoms with Crippen molar-refractivity contribution in [3.05, 3.63) is 118 Å². The molecule has 0 unspecified atom stereocenters. The molecule has 5 rings (SSSR count). The molecule has 224 valence electrons. The Morgan fingerprint density at radius 1 is 0.455 bits per heavy atom. The van der Waals surface area contributed by atoms with E-state index in [1.54, 1.807) is 24.3 Å². The lowest BCUT2D eigenvalue weighted by molar-refractivity contribution is 0.0651. The fourth-order valence-corrected chi connectivity index (χ4v) is 5.76.